The lowest BCUT2D eigenvalue weighted by Gasteiger charge is -2.09. The van der Waals surface area contributed by atoms with Crippen LogP contribution in [0.15, 0.2) is 24.3 Å². The molecular weight excluding hydrogens is 196 g/mol. The van der Waals surface area contributed by atoms with Crippen LogP contribution in [0.4, 0.5) is 0 Å². The fraction of sp³-hybridized carbons (Fsp3) is 0.467. The fourth-order valence-electron chi connectivity index (χ4n) is 1.66. The van der Waals surface area contributed by atoms with E-state index in [4.69, 9.17) is 0 Å². The van der Waals surface area contributed by atoms with Gasteiger partial charge in [0.2, 0.25) is 0 Å². The Labute approximate surface area is 99.8 Å². The number of benzene rings is 1. The summed E-state index contributed by atoms with van der Waals surface area (Å²) in [6.45, 7) is 10.3. The number of allylic oxidation sites excluding steroid dienone is 2. The summed E-state index contributed by atoms with van der Waals surface area (Å²) in [5, 5.41) is 9.42. The van der Waals surface area contributed by atoms with Crippen LogP contribution in [0.5, 0.6) is 5.75 Å². The van der Waals surface area contributed by atoms with Crippen molar-refractivity contribution in [2.75, 3.05) is 0 Å². The molecular formula is C15H24O. The maximum Gasteiger partial charge on any atom is 0.116 e. The SMILES string of the molecule is C/C=C(/CCC)c1cc(O)ccc1C.CC. The number of phenolic OH excluding ortho intramolecular Hbond substituents is 1. The Bertz CT molecular complexity index is 337. The Morgan fingerprint density at radius 2 is 1.94 bits per heavy atom. The molecule has 0 fully saturated rings. The van der Waals surface area contributed by atoms with E-state index in [2.05, 4.69) is 26.8 Å². The molecule has 0 bridgehead atoms. The normalized spacial score (nSPS) is 10.7. The Balaban J connectivity index is 0.00000106. The van der Waals surface area contributed by atoms with Crippen LogP contribution in [0.1, 0.15) is 51.7 Å². The summed E-state index contributed by atoms with van der Waals surface area (Å²) in [4.78, 5) is 0. The fourth-order valence-corrected chi connectivity index (χ4v) is 1.66. The molecule has 0 aliphatic heterocycles. The second kappa shape index (κ2) is 7.98. The molecule has 0 aliphatic rings. The third-order valence-corrected chi connectivity index (χ3v) is 2.43. The number of aryl methyl sites for hydroxylation is 1. The highest BCUT2D eigenvalue weighted by Crippen LogP contribution is 2.26. The van der Waals surface area contributed by atoms with Gasteiger partial charge < -0.3 is 5.11 Å². The Hall–Kier alpha value is -1.24. The van der Waals surface area contributed by atoms with Crippen LogP contribution in [-0.2, 0) is 0 Å². The number of rotatable bonds is 3. The minimum absolute atomic E-state index is 0.348. The number of hydrogen-bond donors (Lipinski definition) is 1. The molecule has 1 rings (SSSR count). The summed E-state index contributed by atoms with van der Waals surface area (Å²) in [5.74, 6) is 0.348. The van der Waals surface area contributed by atoms with Gasteiger partial charge in [-0.2, -0.15) is 0 Å². The molecule has 0 heterocycles. The number of aromatic hydroxyl groups is 1. The molecule has 0 unspecified atom stereocenters. The standard InChI is InChI=1S/C13H18O.C2H6/c1-4-6-11(5-2)13-9-12(14)8-7-10(13)3;1-2/h5,7-9,14H,4,6H2,1-3H3;1-2H3/b11-5-;. The summed E-state index contributed by atoms with van der Waals surface area (Å²) in [5.41, 5.74) is 3.72. The van der Waals surface area contributed by atoms with Gasteiger partial charge in [0.15, 0.2) is 0 Å². The predicted molar refractivity (Wildman–Crippen MR) is 72.8 cm³/mol. The monoisotopic (exact) mass is 220 g/mol. The van der Waals surface area contributed by atoms with E-state index in [1.807, 2.05) is 26.0 Å². The molecule has 0 saturated heterocycles. The molecule has 0 aliphatic carbocycles. The average Bonchev–Trinajstić information content (AvgIpc) is 2.32. The van der Waals surface area contributed by atoms with Gasteiger partial charge in [-0.3, -0.25) is 0 Å². The van der Waals surface area contributed by atoms with E-state index in [1.54, 1.807) is 6.07 Å². The molecule has 90 valence electrons. The first-order valence-electron chi connectivity index (χ1n) is 6.14. The number of phenols is 1. The van der Waals surface area contributed by atoms with Crippen molar-refractivity contribution >= 4 is 5.57 Å². The van der Waals surface area contributed by atoms with Gasteiger partial charge in [-0.05, 0) is 49.1 Å². The summed E-state index contributed by atoms with van der Waals surface area (Å²) in [6.07, 6.45) is 4.33. The van der Waals surface area contributed by atoms with Gasteiger partial charge in [0.25, 0.3) is 0 Å². The van der Waals surface area contributed by atoms with Crippen molar-refractivity contribution in [2.45, 2.75) is 47.5 Å². The van der Waals surface area contributed by atoms with E-state index in [0.717, 1.165) is 12.8 Å². The van der Waals surface area contributed by atoms with Gasteiger partial charge in [-0.15, -0.1) is 0 Å². The maximum absolute atomic E-state index is 9.42. The van der Waals surface area contributed by atoms with Gasteiger partial charge in [0, 0.05) is 0 Å². The average molecular weight is 220 g/mol. The van der Waals surface area contributed by atoms with Crippen molar-refractivity contribution in [3.8, 4) is 5.75 Å². The molecule has 1 heteroatoms. The van der Waals surface area contributed by atoms with Crippen molar-refractivity contribution in [1.29, 1.82) is 0 Å². The molecule has 0 radical (unpaired) electrons. The van der Waals surface area contributed by atoms with Crippen LogP contribution >= 0.6 is 0 Å². The Morgan fingerprint density at radius 1 is 1.31 bits per heavy atom. The van der Waals surface area contributed by atoms with Crippen molar-refractivity contribution in [3.05, 3.63) is 35.4 Å². The van der Waals surface area contributed by atoms with E-state index in [1.165, 1.54) is 16.7 Å². The van der Waals surface area contributed by atoms with Gasteiger partial charge in [-0.1, -0.05) is 39.3 Å². The second-order valence-electron chi connectivity index (χ2n) is 3.56. The van der Waals surface area contributed by atoms with Crippen LogP contribution < -0.4 is 0 Å². The molecule has 1 N–H and O–H groups in total. The van der Waals surface area contributed by atoms with Crippen LogP contribution in [0.2, 0.25) is 0 Å². The van der Waals surface area contributed by atoms with Crippen molar-refractivity contribution in [2.24, 2.45) is 0 Å². The first kappa shape index (κ1) is 14.8. The summed E-state index contributed by atoms with van der Waals surface area (Å²) >= 11 is 0. The van der Waals surface area contributed by atoms with Crippen LogP contribution in [-0.4, -0.2) is 5.11 Å². The van der Waals surface area contributed by atoms with Gasteiger partial charge >= 0.3 is 0 Å². The van der Waals surface area contributed by atoms with Crippen LogP contribution in [0, 0.1) is 6.92 Å². The third kappa shape index (κ3) is 4.09. The highest BCUT2D eigenvalue weighted by Gasteiger charge is 2.04. The molecule has 0 spiro atoms. The summed E-state index contributed by atoms with van der Waals surface area (Å²) < 4.78 is 0. The largest absolute Gasteiger partial charge is 0.508 e. The quantitative estimate of drug-likeness (QED) is 0.765. The lowest BCUT2D eigenvalue weighted by atomic mass is 9.97. The van der Waals surface area contributed by atoms with E-state index >= 15 is 0 Å². The highest BCUT2D eigenvalue weighted by molar-refractivity contribution is 5.69. The van der Waals surface area contributed by atoms with Gasteiger partial charge in [0.1, 0.15) is 5.75 Å². The van der Waals surface area contributed by atoms with Gasteiger partial charge in [0.05, 0.1) is 0 Å². The van der Waals surface area contributed by atoms with Crippen LogP contribution in [0.25, 0.3) is 5.57 Å². The zero-order chi connectivity index (χ0) is 12.6. The predicted octanol–water partition coefficient (Wildman–Crippen LogP) is 4.93. The zero-order valence-corrected chi connectivity index (χ0v) is 11.2. The second-order valence-corrected chi connectivity index (χ2v) is 3.56. The molecule has 16 heavy (non-hydrogen) atoms. The van der Waals surface area contributed by atoms with E-state index in [9.17, 15) is 5.11 Å². The third-order valence-electron chi connectivity index (χ3n) is 2.43. The minimum atomic E-state index is 0.348. The van der Waals surface area contributed by atoms with E-state index in [-0.39, 0.29) is 0 Å². The lowest BCUT2D eigenvalue weighted by molar-refractivity contribution is 0.475. The molecule has 0 aromatic heterocycles. The highest BCUT2D eigenvalue weighted by atomic mass is 16.3. The Kier molecular flexibility index (Phi) is 7.36. The topological polar surface area (TPSA) is 20.2 Å². The molecule has 0 atom stereocenters. The summed E-state index contributed by atoms with van der Waals surface area (Å²) in [6, 6.07) is 5.54. The first-order valence-corrected chi connectivity index (χ1v) is 6.14. The zero-order valence-electron chi connectivity index (χ0n) is 11.2. The molecule has 1 aromatic carbocycles. The summed E-state index contributed by atoms with van der Waals surface area (Å²) in [7, 11) is 0. The van der Waals surface area contributed by atoms with Crippen molar-refractivity contribution < 1.29 is 5.11 Å². The van der Waals surface area contributed by atoms with Crippen molar-refractivity contribution in [1.82, 2.24) is 0 Å². The molecule has 1 nitrogen and oxygen atoms in total. The maximum atomic E-state index is 9.42. The first-order chi connectivity index (χ1) is 7.69. The van der Waals surface area contributed by atoms with Crippen molar-refractivity contribution in [3.63, 3.8) is 0 Å². The van der Waals surface area contributed by atoms with E-state index in [0.29, 0.717) is 5.75 Å². The number of hydrogen-bond acceptors (Lipinski definition) is 1. The Morgan fingerprint density at radius 3 is 2.44 bits per heavy atom. The molecule has 0 saturated carbocycles. The molecule has 0 amide bonds. The smallest absolute Gasteiger partial charge is 0.116 e. The lowest BCUT2D eigenvalue weighted by Crippen LogP contribution is -1.88. The molecule has 1 aromatic rings. The minimum Gasteiger partial charge on any atom is -0.508 e. The van der Waals surface area contributed by atoms with Crippen LogP contribution in [0.3, 0.4) is 0 Å². The van der Waals surface area contributed by atoms with E-state index < -0.39 is 0 Å². The van der Waals surface area contributed by atoms with Gasteiger partial charge in [-0.25, -0.2) is 0 Å².